The fourth-order valence-corrected chi connectivity index (χ4v) is 4.52. The minimum absolute atomic E-state index is 0.127. The van der Waals surface area contributed by atoms with Gasteiger partial charge >= 0.3 is 0 Å². The van der Waals surface area contributed by atoms with Crippen molar-refractivity contribution in [2.24, 2.45) is 0 Å². The number of alkyl halides is 1. The number of rotatable bonds is 3. The molecule has 0 N–H and O–H groups in total. The molecular formula is C17H14Br2OS. The number of ether oxygens (including phenoxy) is 1. The van der Waals surface area contributed by atoms with Crippen molar-refractivity contribution < 1.29 is 4.74 Å². The second-order valence-corrected chi connectivity index (χ2v) is 7.78. The predicted octanol–water partition coefficient (Wildman–Crippen LogP) is 6.47. The number of aryl methyl sites for hydroxylation is 1. The summed E-state index contributed by atoms with van der Waals surface area (Å²) in [6, 6.07) is 14.9. The van der Waals surface area contributed by atoms with Gasteiger partial charge in [0.1, 0.15) is 5.75 Å². The van der Waals surface area contributed by atoms with Crippen molar-refractivity contribution in [1.29, 1.82) is 0 Å². The molecule has 108 valence electrons. The summed E-state index contributed by atoms with van der Waals surface area (Å²) in [5.74, 6) is 0.912. The van der Waals surface area contributed by atoms with Gasteiger partial charge in [-0.1, -0.05) is 50.1 Å². The van der Waals surface area contributed by atoms with Gasteiger partial charge in [-0.25, -0.2) is 0 Å². The molecule has 0 bridgehead atoms. The van der Waals surface area contributed by atoms with E-state index < -0.39 is 0 Å². The molecule has 1 aromatic heterocycles. The highest BCUT2D eigenvalue weighted by Crippen LogP contribution is 2.43. The first-order chi connectivity index (χ1) is 10.1. The van der Waals surface area contributed by atoms with Crippen molar-refractivity contribution in [3.05, 3.63) is 62.9 Å². The van der Waals surface area contributed by atoms with Crippen LogP contribution in [0.4, 0.5) is 0 Å². The van der Waals surface area contributed by atoms with E-state index in [1.54, 1.807) is 7.11 Å². The van der Waals surface area contributed by atoms with Gasteiger partial charge in [-0.3, -0.25) is 0 Å². The minimum Gasteiger partial charge on any atom is -0.496 e. The van der Waals surface area contributed by atoms with Crippen LogP contribution in [0.5, 0.6) is 5.75 Å². The van der Waals surface area contributed by atoms with E-state index in [0.717, 1.165) is 15.8 Å². The van der Waals surface area contributed by atoms with E-state index in [9.17, 15) is 0 Å². The Balaban J connectivity index is 2.09. The second-order valence-electron chi connectivity index (χ2n) is 4.89. The van der Waals surface area contributed by atoms with Gasteiger partial charge in [0.05, 0.1) is 11.9 Å². The average Bonchev–Trinajstić information content (AvgIpc) is 2.92. The third-order valence-electron chi connectivity index (χ3n) is 3.48. The number of hydrogen-bond acceptors (Lipinski definition) is 2. The van der Waals surface area contributed by atoms with Crippen LogP contribution in [0.15, 0.2) is 46.9 Å². The Morgan fingerprint density at radius 1 is 1.14 bits per heavy atom. The molecule has 4 heteroatoms. The summed E-state index contributed by atoms with van der Waals surface area (Å²) in [6.07, 6.45) is 0. The van der Waals surface area contributed by atoms with E-state index >= 15 is 0 Å². The maximum atomic E-state index is 5.55. The van der Waals surface area contributed by atoms with Crippen LogP contribution in [0.2, 0.25) is 0 Å². The summed E-state index contributed by atoms with van der Waals surface area (Å²) in [4.78, 5) is 1.41. The Hall–Kier alpha value is -0.840. The molecule has 0 spiro atoms. The second kappa shape index (κ2) is 6.11. The van der Waals surface area contributed by atoms with Crippen LogP contribution < -0.4 is 4.74 Å². The van der Waals surface area contributed by atoms with Gasteiger partial charge in [-0.15, -0.1) is 11.3 Å². The van der Waals surface area contributed by atoms with Crippen molar-refractivity contribution in [3.63, 3.8) is 0 Å². The molecule has 1 atom stereocenters. The third kappa shape index (κ3) is 2.89. The van der Waals surface area contributed by atoms with Gasteiger partial charge in [0.15, 0.2) is 0 Å². The van der Waals surface area contributed by atoms with Crippen LogP contribution in [-0.2, 0) is 0 Å². The molecule has 1 nitrogen and oxygen atoms in total. The highest BCUT2D eigenvalue weighted by atomic mass is 79.9. The molecule has 3 rings (SSSR count). The van der Waals surface area contributed by atoms with Crippen LogP contribution in [0.25, 0.3) is 10.1 Å². The summed E-state index contributed by atoms with van der Waals surface area (Å²) in [6.45, 7) is 2.07. The first-order valence-electron chi connectivity index (χ1n) is 6.56. The lowest BCUT2D eigenvalue weighted by Gasteiger charge is -2.15. The normalized spacial score (nSPS) is 12.6. The van der Waals surface area contributed by atoms with Gasteiger partial charge in [0.25, 0.3) is 0 Å². The standard InChI is InChI=1S/C17H14Br2OS/c1-10-7-14(20-2)12(9-13(10)18)17(19)16-8-11-5-3-4-6-15(11)21-16/h3-9,17H,1-2H3. The zero-order valence-electron chi connectivity index (χ0n) is 11.7. The Labute approximate surface area is 145 Å². The van der Waals surface area contributed by atoms with E-state index in [2.05, 4.69) is 81.2 Å². The van der Waals surface area contributed by atoms with Gasteiger partial charge < -0.3 is 4.74 Å². The smallest absolute Gasteiger partial charge is 0.123 e. The maximum absolute atomic E-state index is 5.55. The van der Waals surface area contributed by atoms with Crippen molar-refractivity contribution in [3.8, 4) is 5.75 Å². The number of hydrogen-bond donors (Lipinski definition) is 0. The van der Waals surface area contributed by atoms with Gasteiger partial charge in [0.2, 0.25) is 0 Å². The summed E-state index contributed by atoms with van der Waals surface area (Å²) in [7, 11) is 1.72. The highest BCUT2D eigenvalue weighted by Gasteiger charge is 2.19. The highest BCUT2D eigenvalue weighted by molar-refractivity contribution is 9.10. The fourth-order valence-electron chi connectivity index (χ4n) is 2.33. The molecule has 0 radical (unpaired) electrons. The van der Waals surface area contributed by atoms with Crippen molar-refractivity contribution >= 4 is 53.3 Å². The number of halogens is 2. The fraction of sp³-hybridized carbons (Fsp3) is 0.176. The van der Waals surface area contributed by atoms with E-state index in [0.29, 0.717) is 0 Å². The van der Waals surface area contributed by atoms with Crippen molar-refractivity contribution in [2.75, 3.05) is 7.11 Å². The molecule has 0 aliphatic carbocycles. The molecule has 0 amide bonds. The third-order valence-corrected chi connectivity index (χ3v) is 6.80. The SMILES string of the molecule is COc1cc(C)c(Br)cc1C(Br)c1cc2ccccc2s1. The summed E-state index contributed by atoms with van der Waals surface area (Å²) in [5.41, 5.74) is 2.31. The largest absolute Gasteiger partial charge is 0.496 e. The molecule has 21 heavy (non-hydrogen) atoms. The van der Waals surface area contributed by atoms with E-state index in [1.807, 2.05) is 11.3 Å². The quantitative estimate of drug-likeness (QED) is 0.437. The number of methoxy groups -OCH3 is 1. The first-order valence-corrected chi connectivity index (χ1v) is 9.09. The lowest BCUT2D eigenvalue weighted by molar-refractivity contribution is 0.410. The van der Waals surface area contributed by atoms with Crippen LogP contribution in [0, 0.1) is 6.92 Å². The molecular weight excluding hydrogens is 412 g/mol. The van der Waals surface area contributed by atoms with Crippen LogP contribution in [-0.4, -0.2) is 7.11 Å². The zero-order chi connectivity index (χ0) is 15.0. The van der Waals surface area contributed by atoms with Crippen LogP contribution in [0.3, 0.4) is 0 Å². The monoisotopic (exact) mass is 424 g/mol. The van der Waals surface area contributed by atoms with Gasteiger partial charge in [-0.2, -0.15) is 0 Å². The Morgan fingerprint density at radius 3 is 2.62 bits per heavy atom. The lowest BCUT2D eigenvalue weighted by atomic mass is 10.1. The van der Waals surface area contributed by atoms with Crippen molar-refractivity contribution in [1.82, 2.24) is 0 Å². The lowest BCUT2D eigenvalue weighted by Crippen LogP contribution is -1.96. The maximum Gasteiger partial charge on any atom is 0.123 e. The van der Waals surface area contributed by atoms with Crippen molar-refractivity contribution in [2.45, 2.75) is 11.8 Å². The molecule has 0 saturated heterocycles. The summed E-state index contributed by atoms with van der Waals surface area (Å²) >= 11 is 9.26. The zero-order valence-corrected chi connectivity index (χ0v) is 15.7. The summed E-state index contributed by atoms with van der Waals surface area (Å²) < 4.78 is 7.96. The molecule has 0 saturated carbocycles. The Morgan fingerprint density at radius 2 is 1.90 bits per heavy atom. The molecule has 1 unspecified atom stereocenters. The van der Waals surface area contributed by atoms with E-state index in [4.69, 9.17) is 4.74 Å². The predicted molar refractivity (Wildman–Crippen MR) is 98.0 cm³/mol. The average molecular weight is 426 g/mol. The topological polar surface area (TPSA) is 9.23 Å². The molecule has 0 aliphatic rings. The van der Waals surface area contributed by atoms with E-state index in [-0.39, 0.29) is 4.83 Å². The first kappa shape index (κ1) is 15.1. The number of fused-ring (bicyclic) bond motifs is 1. The molecule has 2 aromatic carbocycles. The van der Waals surface area contributed by atoms with Gasteiger partial charge in [-0.05, 0) is 42.1 Å². The molecule has 1 heterocycles. The molecule has 3 aromatic rings. The number of benzene rings is 2. The van der Waals surface area contributed by atoms with Gasteiger partial charge in [0, 0.05) is 19.6 Å². The van der Waals surface area contributed by atoms with Crippen LogP contribution >= 0.6 is 43.2 Å². The molecule has 0 fully saturated rings. The van der Waals surface area contributed by atoms with Crippen LogP contribution in [0.1, 0.15) is 20.8 Å². The Kier molecular flexibility index (Phi) is 4.38. The summed E-state index contributed by atoms with van der Waals surface area (Å²) in [5, 5.41) is 1.28. The number of thiophene rings is 1. The minimum atomic E-state index is 0.127. The molecule has 0 aliphatic heterocycles. The van der Waals surface area contributed by atoms with E-state index in [1.165, 1.54) is 20.5 Å². The Bertz CT molecular complexity index is 762.